The van der Waals surface area contributed by atoms with Crippen LogP contribution in [-0.2, 0) is 0 Å². The van der Waals surface area contributed by atoms with Crippen molar-refractivity contribution in [3.63, 3.8) is 0 Å². The number of hydrogen-bond acceptors (Lipinski definition) is 2. The van der Waals surface area contributed by atoms with E-state index in [1.54, 1.807) is 0 Å². The lowest BCUT2D eigenvalue weighted by atomic mass is 10.2. The van der Waals surface area contributed by atoms with Gasteiger partial charge in [-0.15, -0.1) is 0 Å². The third kappa shape index (κ3) is 4.10. The second-order valence-electron chi connectivity index (χ2n) is 4.64. The molecule has 0 aliphatic heterocycles. The molecule has 2 heteroatoms. The fraction of sp³-hybridized carbons (Fsp3) is 1.00. The van der Waals surface area contributed by atoms with Gasteiger partial charge in [0.05, 0.1) is 0 Å². The van der Waals surface area contributed by atoms with Gasteiger partial charge in [-0.25, -0.2) is 0 Å². The zero-order valence-corrected chi connectivity index (χ0v) is 9.51. The van der Waals surface area contributed by atoms with Crippen molar-refractivity contribution < 1.29 is 0 Å². The molecule has 1 aliphatic carbocycles. The van der Waals surface area contributed by atoms with E-state index in [2.05, 4.69) is 38.0 Å². The maximum atomic E-state index is 3.46. The number of hydrogen-bond donors (Lipinski definition) is 1. The summed E-state index contributed by atoms with van der Waals surface area (Å²) >= 11 is 0. The van der Waals surface area contributed by atoms with E-state index in [9.17, 15) is 0 Å². The summed E-state index contributed by atoms with van der Waals surface area (Å²) in [5, 5.41) is 3.46. The van der Waals surface area contributed by atoms with Crippen LogP contribution in [0.15, 0.2) is 0 Å². The molecule has 0 heterocycles. The summed E-state index contributed by atoms with van der Waals surface area (Å²) in [6, 6.07) is 2.26. The van der Waals surface area contributed by atoms with Crippen LogP contribution in [0.3, 0.4) is 0 Å². The van der Waals surface area contributed by atoms with Crippen LogP contribution in [0.1, 0.15) is 40.0 Å². The van der Waals surface area contributed by atoms with E-state index in [-0.39, 0.29) is 0 Å². The summed E-state index contributed by atoms with van der Waals surface area (Å²) in [5.74, 6) is 0. The minimum atomic E-state index is 0.624. The molecular formula is C11H24N2. The highest BCUT2D eigenvalue weighted by molar-refractivity contribution is 4.85. The molecular weight excluding hydrogens is 160 g/mol. The van der Waals surface area contributed by atoms with Gasteiger partial charge in [0.1, 0.15) is 0 Å². The zero-order valence-electron chi connectivity index (χ0n) is 9.51. The first-order valence-corrected chi connectivity index (χ1v) is 5.56. The fourth-order valence-electron chi connectivity index (χ4n) is 1.63. The summed E-state index contributed by atoms with van der Waals surface area (Å²) in [4.78, 5) is 2.53. The van der Waals surface area contributed by atoms with Gasteiger partial charge < -0.3 is 10.2 Å². The molecule has 1 fully saturated rings. The fourth-order valence-corrected chi connectivity index (χ4v) is 1.63. The molecule has 1 saturated carbocycles. The Morgan fingerprint density at radius 3 is 2.38 bits per heavy atom. The molecule has 1 atom stereocenters. The molecule has 0 radical (unpaired) electrons. The average molecular weight is 184 g/mol. The highest BCUT2D eigenvalue weighted by Gasteiger charge is 2.28. The van der Waals surface area contributed by atoms with E-state index >= 15 is 0 Å². The molecule has 0 spiro atoms. The molecule has 1 aliphatic rings. The third-order valence-corrected chi connectivity index (χ3v) is 2.93. The van der Waals surface area contributed by atoms with Crippen molar-refractivity contribution >= 4 is 0 Å². The second kappa shape index (κ2) is 4.97. The molecule has 1 unspecified atom stereocenters. The van der Waals surface area contributed by atoms with Crippen molar-refractivity contribution in [3.05, 3.63) is 0 Å². The van der Waals surface area contributed by atoms with Crippen molar-refractivity contribution in [3.8, 4) is 0 Å². The Labute approximate surface area is 82.7 Å². The van der Waals surface area contributed by atoms with Gasteiger partial charge in [-0.1, -0.05) is 13.8 Å². The van der Waals surface area contributed by atoms with E-state index in [0.717, 1.165) is 18.6 Å². The predicted octanol–water partition coefficient (Wildman–Crippen LogP) is 1.86. The minimum absolute atomic E-state index is 0.624. The van der Waals surface area contributed by atoms with Crippen LogP contribution in [0.5, 0.6) is 0 Å². The third-order valence-electron chi connectivity index (χ3n) is 2.93. The largest absolute Gasteiger partial charge is 0.314 e. The summed E-state index contributed by atoms with van der Waals surface area (Å²) in [5.41, 5.74) is 0. The van der Waals surface area contributed by atoms with Crippen LogP contribution in [0, 0.1) is 0 Å². The Hall–Kier alpha value is -0.0800. The van der Waals surface area contributed by atoms with E-state index < -0.39 is 0 Å². The van der Waals surface area contributed by atoms with Crippen LogP contribution in [-0.4, -0.2) is 36.6 Å². The Balaban J connectivity index is 2.05. The molecule has 0 bridgehead atoms. The van der Waals surface area contributed by atoms with E-state index in [1.165, 1.54) is 19.3 Å². The summed E-state index contributed by atoms with van der Waals surface area (Å²) in [6.07, 6.45) is 4.10. The van der Waals surface area contributed by atoms with Gasteiger partial charge in [-0.3, -0.25) is 0 Å². The topological polar surface area (TPSA) is 15.3 Å². The molecule has 0 aromatic carbocycles. The van der Waals surface area contributed by atoms with Gasteiger partial charge >= 0.3 is 0 Å². The first-order valence-electron chi connectivity index (χ1n) is 5.56. The SMILES string of the molecule is CC(C)NCCC(C)N(C)C1CC1. The molecule has 2 nitrogen and oxygen atoms in total. The normalized spacial score (nSPS) is 19.8. The molecule has 1 rings (SSSR count). The molecule has 0 aromatic heterocycles. The lowest BCUT2D eigenvalue weighted by molar-refractivity contribution is 0.234. The van der Waals surface area contributed by atoms with Gasteiger partial charge in [-0.05, 0) is 39.8 Å². The van der Waals surface area contributed by atoms with Gasteiger partial charge in [0.15, 0.2) is 0 Å². The van der Waals surface area contributed by atoms with Crippen LogP contribution in [0.25, 0.3) is 0 Å². The lowest BCUT2D eigenvalue weighted by Crippen LogP contribution is -2.35. The lowest BCUT2D eigenvalue weighted by Gasteiger charge is -2.24. The maximum Gasteiger partial charge on any atom is 0.00961 e. The Morgan fingerprint density at radius 2 is 1.92 bits per heavy atom. The summed E-state index contributed by atoms with van der Waals surface area (Å²) < 4.78 is 0. The van der Waals surface area contributed by atoms with E-state index in [0.29, 0.717) is 6.04 Å². The smallest absolute Gasteiger partial charge is 0.00961 e. The molecule has 1 N–H and O–H groups in total. The molecule has 13 heavy (non-hydrogen) atoms. The first kappa shape index (κ1) is 11.0. The quantitative estimate of drug-likeness (QED) is 0.678. The van der Waals surface area contributed by atoms with E-state index in [1.807, 2.05) is 0 Å². The second-order valence-corrected chi connectivity index (χ2v) is 4.64. The Bertz CT molecular complexity index is 141. The average Bonchev–Trinajstić information content (AvgIpc) is 2.84. The summed E-state index contributed by atoms with van der Waals surface area (Å²) in [7, 11) is 2.26. The molecule has 0 saturated heterocycles. The monoisotopic (exact) mass is 184 g/mol. The van der Waals surface area contributed by atoms with Crippen molar-refractivity contribution in [2.24, 2.45) is 0 Å². The predicted molar refractivity (Wildman–Crippen MR) is 58.0 cm³/mol. The molecule has 78 valence electrons. The molecule has 0 amide bonds. The number of nitrogens with one attached hydrogen (secondary N) is 1. The van der Waals surface area contributed by atoms with Gasteiger partial charge in [0, 0.05) is 18.1 Å². The number of nitrogens with zero attached hydrogens (tertiary/aromatic N) is 1. The first-order chi connectivity index (χ1) is 6.11. The van der Waals surface area contributed by atoms with Crippen molar-refractivity contribution in [1.29, 1.82) is 0 Å². The van der Waals surface area contributed by atoms with E-state index in [4.69, 9.17) is 0 Å². The van der Waals surface area contributed by atoms with Crippen LogP contribution in [0.4, 0.5) is 0 Å². The zero-order chi connectivity index (χ0) is 9.84. The van der Waals surface area contributed by atoms with Crippen LogP contribution in [0.2, 0.25) is 0 Å². The molecule has 0 aromatic rings. The van der Waals surface area contributed by atoms with Crippen molar-refractivity contribution in [2.75, 3.05) is 13.6 Å². The standard InChI is InChI=1S/C11H24N2/c1-9(2)12-8-7-10(3)13(4)11-5-6-11/h9-12H,5-8H2,1-4H3. The van der Waals surface area contributed by atoms with Gasteiger partial charge in [-0.2, -0.15) is 0 Å². The van der Waals surface area contributed by atoms with Crippen molar-refractivity contribution in [1.82, 2.24) is 10.2 Å². The maximum absolute atomic E-state index is 3.46. The Kier molecular flexibility index (Phi) is 4.20. The highest BCUT2D eigenvalue weighted by Crippen LogP contribution is 2.27. The van der Waals surface area contributed by atoms with Crippen molar-refractivity contribution in [2.45, 2.75) is 58.2 Å². The van der Waals surface area contributed by atoms with Gasteiger partial charge in [0.2, 0.25) is 0 Å². The summed E-state index contributed by atoms with van der Waals surface area (Å²) in [6.45, 7) is 7.89. The van der Waals surface area contributed by atoms with Gasteiger partial charge in [0.25, 0.3) is 0 Å². The Morgan fingerprint density at radius 1 is 1.31 bits per heavy atom. The highest BCUT2D eigenvalue weighted by atomic mass is 15.2. The van der Waals surface area contributed by atoms with Crippen LogP contribution < -0.4 is 5.32 Å². The minimum Gasteiger partial charge on any atom is -0.314 e. The van der Waals surface area contributed by atoms with Crippen LogP contribution >= 0.6 is 0 Å². The number of rotatable bonds is 6.